The summed E-state index contributed by atoms with van der Waals surface area (Å²) in [5.41, 5.74) is 0. The average molecular weight is 395 g/mol. The molecule has 0 aromatic rings. The van der Waals surface area contributed by atoms with Crippen molar-refractivity contribution in [3.8, 4) is 11.8 Å². The molecule has 0 amide bonds. The minimum Gasteiger partial charge on any atom is -0.393 e. The van der Waals surface area contributed by atoms with Crippen LogP contribution in [-0.2, 0) is 9.47 Å². The first-order valence-corrected chi connectivity index (χ1v) is 12.2. The summed E-state index contributed by atoms with van der Waals surface area (Å²) in [4.78, 5) is 0. The molecule has 1 saturated heterocycles. The van der Waals surface area contributed by atoms with Gasteiger partial charge in [0.15, 0.2) is 6.29 Å². The molecule has 3 nitrogen and oxygen atoms in total. The Morgan fingerprint density at radius 1 is 0.821 bits per heavy atom. The molecule has 1 N–H and O–H groups in total. The van der Waals surface area contributed by atoms with E-state index >= 15 is 0 Å². The Kier molecular flexibility index (Phi) is 18.0. The third-order valence-electron chi connectivity index (χ3n) is 5.44. The number of hydrogen-bond donors (Lipinski definition) is 1. The van der Waals surface area contributed by atoms with Gasteiger partial charge in [-0.05, 0) is 51.9 Å². The second kappa shape index (κ2) is 19.7. The van der Waals surface area contributed by atoms with Crippen LogP contribution in [0.4, 0.5) is 0 Å². The summed E-state index contributed by atoms with van der Waals surface area (Å²) in [5, 5.41) is 9.21. The van der Waals surface area contributed by atoms with E-state index in [1.54, 1.807) is 0 Å². The maximum atomic E-state index is 9.21. The van der Waals surface area contributed by atoms with Crippen LogP contribution in [0.2, 0.25) is 0 Å². The van der Waals surface area contributed by atoms with Crippen molar-refractivity contribution in [3.63, 3.8) is 0 Å². The Hall–Kier alpha value is -0.560. The largest absolute Gasteiger partial charge is 0.393 e. The van der Waals surface area contributed by atoms with Crippen LogP contribution < -0.4 is 0 Å². The minimum absolute atomic E-state index is 0.0561. The Morgan fingerprint density at radius 2 is 1.39 bits per heavy atom. The molecule has 0 bridgehead atoms. The van der Waals surface area contributed by atoms with E-state index in [1.807, 2.05) is 6.92 Å². The first-order valence-electron chi connectivity index (χ1n) is 12.2. The van der Waals surface area contributed by atoms with Crippen molar-refractivity contribution in [1.82, 2.24) is 0 Å². The molecule has 1 aliphatic rings. The molecule has 1 heterocycles. The zero-order valence-corrected chi connectivity index (χ0v) is 18.6. The quantitative estimate of drug-likeness (QED) is 0.219. The second-order valence-electron chi connectivity index (χ2n) is 8.40. The highest BCUT2D eigenvalue weighted by molar-refractivity contribution is 4.98. The fraction of sp³-hybridized carbons (Fsp3) is 0.920. The van der Waals surface area contributed by atoms with E-state index in [0.717, 1.165) is 51.7 Å². The van der Waals surface area contributed by atoms with Gasteiger partial charge in [-0.3, -0.25) is 0 Å². The smallest absolute Gasteiger partial charge is 0.157 e. The minimum atomic E-state index is -0.120. The molecule has 0 aromatic carbocycles. The summed E-state index contributed by atoms with van der Waals surface area (Å²) >= 11 is 0. The molecule has 1 aliphatic heterocycles. The number of unbranched alkanes of at least 4 members (excludes halogenated alkanes) is 12. The Morgan fingerprint density at radius 3 is 1.96 bits per heavy atom. The van der Waals surface area contributed by atoms with E-state index in [4.69, 9.17) is 9.47 Å². The lowest BCUT2D eigenvalue weighted by molar-refractivity contribution is -0.162. The number of aliphatic hydroxyl groups excluding tert-OH is 1. The summed E-state index contributed by atoms with van der Waals surface area (Å²) in [6.07, 6.45) is 22.0. The van der Waals surface area contributed by atoms with Gasteiger partial charge in [0.2, 0.25) is 0 Å². The second-order valence-corrected chi connectivity index (χ2v) is 8.40. The maximum absolute atomic E-state index is 9.21. The van der Waals surface area contributed by atoms with E-state index in [2.05, 4.69) is 11.8 Å². The van der Waals surface area contributed by atoms with Crippen molar-refractivity contribution in [1.29, 1.82) is 0 Å². The predicted molar refractivity (Wildman–Crippen MR) is 118 cm³/mol. The van der Waals surface area contributed by atoms with Gasteiger partial charge in [-0.15, -0.1) is 11.8 Å². The molecule has 2 atom stereocenters. The topological polar surface area (TPSA) is 38.7 Å². The summed E-state index contributed by atoms with van der Waals surface area (Å²) in [6, 6.07) is 0. The van der Waals surface area contributed by atoms with E-state index in [-0.39, 0.29) is 12.4 Å². The predicted octanol–water partition coefficient (Wildman–Crippen LogP) is 6.77. The van der Waals surface area contributed by atoms with Gasteiger partial charge in [0.05, 0.1) is 6.10 Å². The van der Waals surface area contributed by atoms with Crippen LogP contribution in [0, 0.1) is 11.8 Å². The Labute approximate surface area is 175 Å². The molecular formula is C25H46O3. The van der Waals surface area contributed by atoms with Crippen molar-refractivity contribution in [3.05, 3.63) is 0 Å². The third-order valence-corrected chi connectivity index (χ3v) is 5.44. The first-order chi connectivity index (χ1) is 13.8. The SMILES string of the molecule is CC(O)CCCCCCCCCCCCC#CCCCCOC1CCCCO1. The fourth-order valence-electron chi connectivity index (χ4n) is 3.62. The lowest BCUT2D eigenvalue weighted by Crippen LogP contribution is -2.22. The first kappa shape index (κ1) is 25.5. The van der Waals surface area contributed by atoms with Gasteiger partial charge in [-0.2, -0.15) is 0 Å². The molecule has 28 heavy (non-hydrogen) atoms. The molecule has 164 valence electrons. The van der Waals surface area contributed by atoms with Crippen LogP contribution in [0.5, 0.6) is 0 Å². The van der Waals surface area contributed by atoms with Gasteiger partial charge in [-0.25, -0.2) is 0 Å². The van der Waals surface area contributed by atoms with Crippen LogP contribution in [0.25, 0.3) is 0 Å². The highest BCUT2D eigenvalue weighted by Gasteiger charge is 2.13. The molecule has 0 radical (unpaired) electrons. The summed E-state index contributed by atoms with van der Waals surface area (Å²) in [7, 11) is 0. The van der Waals surface area contributed by atoms with Crippen molar-refractivity contribution in [2.75, 3.05) is 13.2 Å². The molecule has 3 heteroatoms. The van der Waals surface area contributed by atoms with Crippen LogP contribution in [-0.4, -0.2) is 30.7 Å². The van der Waals surface area contributed by atoms with E-state index in [0.29, 0.717) is 0 Å². The number of aliphatic hydroxyl groups is 1. The van der Waals surface area contributed by atoms with Gasteiger partial charge in [0, 0.05) is 26.1 Å². The molecule has 0 aliphatic carbocycles. The van der Waals surface area contributed by atoms with Gasteiger partial charge in [0.1, 0.15) is 0 Å². The molecule has 0 saturated carbocycles. The highest BCUT2D eigenvalue weighted by atomic mass is 16.7. The standard InChI is InChI=1S/C25H46O3/c1-24(26)20-16-14-12-10-8-6-4-2-3-5-7-9-11-13-15-18-22-27-25-21-17-19-23-28-25/h24-26H,2-8,10,12-23H2,1H3. The van der Waals surface area contributed by atoms with Crippen molar-refractivity contribution in [2.24, 2.45) is 0 Å². The maximum Gasteiger partial charge on any atom is 0.157 e. The van der Waals surface area contributed by atoms with Crippen LogP contribution >= 0.6 is 0 Å². The number of rotatable bonds is 17. The summed E-state index contributed by atoms with van der Waals surface area (Å²) in [5.74, 6) is 6.64. The Balaban J connectivity index is 1.71. The highest BCUT2D eigenvalue weighted by Crippen LogP contribution is 2.14. The zero-order valence-electron chi connectivity index (χ0n) is 18.6. The molecule has 1 rings (SSSR count). The number of ether oxygens (including phenoxy) is 2. The molecule has 2 unspecified atom stereocenters. The van der Waals surface area contributed by atoms with Crippen LogP contribution in [0.3, 0.4) is 0 Å². The lowest BCUT2D eigenvalue weighted by atomic mass is 10.0. The molecular weight excluding hydrogens is 348 g/mol. The molecule has 0 aromatic heterocycles. The summed E-state index contributed by atoms with van der Waals surface area (Å²) in [6.45, 7) is 3.56. The van der Waals surface area contributed by atoms with E-state index in [1.165, 1.54) is 77.0 Å². The van der Waals surface area contributed by atoms with E-state index < -0.39 is 0 Å². The van der Waals surface area contributed by atoms with E-state index in [9.17, 15) is 5.11 Å². The van der Waals surface area contributed by atoms with Crippen LogP contribution in [0.15, 0.2) is 0 Å². The van der Waals surface area contributed by atoms with Crippen molar-refractivity contribution in [2.45, 2.75) is 135 Å². The van der Waals surface area contributed by atoms with Crippen LogP contribution in [0.1, 0.15) is 122 Å². The zero-order chi connectivity index (χ0) is 20.1. The third kappa shape index (κ3) is 17.5. The molecule has 1 fully saturated rings. The van der Waals surface area contributed by atoms with Gasteiger partial charge in [-0.1, -0.05) is 57.8 Å². The lowest BCUT2D eigenvalue weighted by Gasteiger charge is -2.22. The number of hydrogen-bond acceptors (Lipinski definition) is 3. The molecule has 0 spiro atoms. The van der Waals surface area contributed by atoms with Gasteiger partial charge >= 0.3 is 0 Å². The summed E-state index contributed by atoms with van der Waals surface area (Å²) < 4.78 is 11.3. The van der Waals surface area contributed by atoms with Gasteiger partial charge in [0.25, 0.3) is 0 Å². The normalized spacial score (nSPS) is 17.9. The fourth-order valence-corrected chi connectivity index (χ4v) is 3.62. The van der Waals surface area contributed by atoms with Gasteiger partial charge < -0.3 is 14.6 Å². The average Bonchev–Trinajstić information content (AvgIpc) is 2.70. The van der Waals surface area contributed by atoms with Crippen molar-refractivity contribution >= 4 is 0 Å². The monoisotopic (exact) mass is 394 g/mol. The van der Waals surface area contributed by atoms with Crippen molar-refractivity contribution < 1.29 is 14.6 Å². The Bertz CT molecular complexity index is 377.